The number of hydrogen-bond donors (Lipinski definition) is 0. The number of benzene rings is 2. The average Bonchev–Trinajstić information content (AvgIpc) is 2.89. The van der Waals surface area contributed by atoms with Gasteiger partial charge in [0, 0.05) is 11.8 Å². The summed E-state index contributed by atoms with van der Waals surface area (Å²) in [6, 6.07) is 16.5. The molecule has 0 unspecified atom stereocenters. The summed E-state index contributed by atoms with van der Waals surface area (Å²) in [6.45, 7) is 1.85. The van der Waals surface area contributed by atoms with E-state index in [1.165, 1.54) is 6.26 Å². The molecule has 0 aliphatic heterocycles. The van der Waals surface area contributed by atoms with Crippen molar-refractivity contribution in [2.45, 2.75) is 11.8 Å². The molecule has 0 saturated heterocycles. The second-order valence-electron chi connectivity index (χ2n) is 5.12. The zero-order chi connectivity index (χ0) is 15.7. The predicted molar refractivity (Wildman–Crippen MR) is 85.2 cm³/mol. The zero-order valence-electron chi connectivity index (χ0n) is 12.3. The number of sulfone groups is 1. The fourth-order valence-corrected chi connectivity index (χ4v) is 3.00. The highest BCUT2D eigenvalue weighted by Gasteiger charge is 2.17. The van der Waals surface area contributed by atoms with Crippen molar-refractivity contribution in [2.24, 2.45) is 0 Å². The minimum absolute atomic E-state index is 0.298. The molecule has 0 spiro atoms. The van der Waals surface area contributed by atoms with Gasteiger partial charge in [0.2, 0.25) is 0 Å². The largest absolute Gasteiger partial charge is 0.360 e. The van der Waals surface area contributed by atoms with Gasteiger partial charge in [0.15, 0.2) is 9.84 Å². The van der Waals surface area contributed by atoms with Crippen molar-refractivity contribution in [3.05, 3.63) is 60.4 Å². The molecule has 0 fully saturated rings. The third kappa shape index (κ3) is 2.67. The van der Waals surface area contributed by atoms with Gasteiger partial charge in [-0.05, 0) is 24.6 Å². The van der Waals surface area contributed by atoms with Crippen LogP contribution in [0.1, 0.15) is 5.76 Å². The molecule has 3 aromatic rings. The van der Waals surface area contributed by atoms with Gasteiger partial charge in [0.25, 0.3) is 0 Å². The second kappa shape index (κ2) is 5.42. The summed E-state index contributed by atoms with van der Waals surface area (Å²) in [5.41, 5.74) is 3.47. The summed E-state index contributed by atoms with van der Waals surface area (Å²) in [6.07, 6.45) is 1.20. The highest BCUT2D eigenvalue weighted by Crippen LogP contribution is 2.34. The highest BCUT2D eigenvalue weighted by molar-refractivity contribution is 7.90. The summed E-state index contributed by atoms with van der Waals surface area (Å²) in [5, 5.41) is 4.14. The summed E-state index contributed by atoms with van der Waals surface area (Å²) >= 11 is 0. The first kappa shape index (κ1) is 14.5. The van der Waals surface area contributed by atoms with E-state index in [1.54, 1.807) is 24.3 Å². The molecular weight excluding hydrogens is 298 g/mol. The van der Waals surface area contributed by atoms with Gasteiger partial charge in [-0.3, -0.25) is 0 Å². The molecular formula is C17H15NO3S. The summed E-state index contributed by atoms with van der Waals surface area (Å²) < 4.78 is 28.4. The molecule has 112 valence electrons. The molecule has 5 heteroatoms. The first-order valence-electron chi connectivity index (χ1n) is 6.79. The smallest absolute Gasteiger partial charge is 0.175 e. The molecule has 22 heavy (non-hydrogen) atoms. The molecule has 1 heterocycles. The first-order valence-corrected chi connectivity index (χ1v) is 8.68. The number of nitrogens with zero attached hydrogens (tertiary/aromatic N) is 1. The number of rotatable bonds is 3. The van der Waals surface area contributed by atoms with Crippen LogP contribution >= 0.6 is 0 Å². The Morgan fingerprint density at radius 2 is 1.55 bits per heavy atom. The van der Waals surface area contributed by atoms with E-state index in [-0.39, 0.29) is 0 Å². The normalized spacial score (nSPS) is 11.5. The number of aryl methyl sites for hydroxylation is 1. The maximum absolute atomic E-state index is 11.6. The molecule has 0 N–H and O–H groups in total. The van der Waals surface area contributed by atoms with Crippen molar-refractivity contribution in [3.63, 3.8) is 0 Å². The van der Waals surface area contributed by atoms with E-state index in [0.29, 0.717) is 10.7 Å². The van der Waals surface area contributed by atoms with Crippen LogP contribution in [0.3, 0.4) is 0 Å². The first-order chi connectivity index (χ1) is 10.5. The van der Waals surface area contributed by atoms with Crippen LogP contribution in [0.2, 0.25) is 0 Å². The van der Waals surface area contributed by atoms with Crippen LogP contribution in [0, 0.1) is 6.92 Å². The Labute approximate surface area is 129 Å². The van der Waals surface area contributed by atoms with Crippen molar-refractivity contribution in [2.75, 3.05) is 6.26 Å². The van der Waals surface area contributed by atoms with Gasteiger partial charge in [-0.2, -0.15) is 0 Å². The third-order valence-electron chi connectivity index (χ3n) is 3.48. The Kier molecular flexibility index (Phi) is 3.58. The van der Waals surface area contributed by atoms with E-state index < -0.39 is 9.84 Å². The molecule has 0 radical (unpaired) electrons. The minimum atomic E-state index is -3.20. The molecule has 0 atom stereocenters. The molecule has 3 rings (SSSR count). The molecule has 2 aromatic carbocycles. The van der Waals surface area contributed by atoms with Crippen LogP contribution < -0.4 is 0 Å². The van der Waals surface area contributed by atoms with Crippen LogP contribution in [0.15, 0.2) is 64.0 Å². The van der Waals surface area contributed by atoms with Gasteiger partial charge >= 0.3 is 0 Å². The van der Waals surface area contributed by atoms with Crippen molar-refractivity contribution < 1.29 is 12.9 Å². The van der Waals surface area contributed by atoms with E-state index in [0.717, 1.165) is 22.4 Å². The van der Waals surface area contributed by atoms with E-state index in [9.17, 15) is 8.42 Å². The highest BCUT2D eigenvalue weighted by atomic mass is 32.2. The summed E-state index contributed by atoms with van der Waals surface area (Å²) in [4.78, 5) is 0.298. The van der Waals surface area contributed by atoms with Gasteiger partial charge in [-0.25, -0.2) is 8.42 Å². The van der Waals surface area contributed by atoms with Crippen LogP contribution in [-0.2, 0) is 9.84 Å². The Hall–Kier alpha value is -2.40. The Morgan fingerprint density at radius 1 is 0.909 bits per heavy atom. The lowest BCUT2D eigenvalue weighted by molar-refractivity contribution is 0.400. The monoisotopic (exact) mass is 313 g/mol. The van der Waals surface area contributed by atoms with Gasteiger partial charge in [-0.15, -0.1) is 0 Å². The van der Waals surface area contributed by atoms with E-state index in [2.05, 4.69) is 5.16 Å². The summed E-state index contributed by atoms with van der Waals surface area (Å²) in [5.74, 6) is 0.700. The van der Waals surface area contributed by atoms with E-state index in [1.807, 2.05) is 37.3 Å². The van der Waals surface area contributed by atoms with Gasteiger partial charge < -0.3 is 4.52 Å². The number of aromatic nitrogens is 1. The molecule has 0 saturated carbocycles. The topological polar surface area (TPSA) is 60.2 Å². The fraction of sp³-hybridized carbons (Fsp3) is 0.118. The molecule has 0 aliphatic rings. The molecule has 4 nitrogen and oxygen atoms in total. The lowest BCUT2D eigenvalue weighted by Gasteiger charge is -2.04. The van der Waals surface area contributed by atoms with Crippen molar-refractivity contribution in [3.8, 4) is 22.4 Å². The van der Waals surface area contributed by atoms with Crippen LogP contribution in [-0.4, -0.2) is 19.8 Å². The predicted octanol–water partition coefficient (Wildman–Crippen LogP) is 3.72. The molecule has 1 aromatic heterocycles. The summed E-state index contributed by atoms with van der Waals surface area (Å²) in [7, 11) is -3.20. The van der Waals surface area contributed by atoms with E-state index >= 15 is 0 Å². The minimum Gasteiger partial charge on any atom is -0.360 e. The Morgan fingerprint density at radius 3 is 2.14 bits per heavy atom. The lowest BCUT2D eigenvalue weighted by atomic mass is 10.00. The van der Waals surface area contributed by atoms with Gasteiger partial charge in [0.05, 0.1) is 10.5 Å². The van der Waals surface area contributed by atoms with E-state index in [4.69, 9.17) is 4.52 Å². The zero-order valence-corrected chi connectivity index (χ0v) is 13.1. The maximum atomic E-state index is 11.6. The Balaban J connectivity index is 2.12. The van der Waals surface area contributed by atoms with Gasteiger partial charge in [0.1, 0.15) is 11.5 Å². The van der Waals surface area contributed by atoms with Crippen LogP contribution in [0.4, 0.5) is 0 Å². The third-order valence-corrected chi connectivity index (χ3v) is 4.61. The fourth-order valence-electron chi connectivity index (χ4n) is 2.37. The molecule has 0 bridgehead atoms. The van der Waals surface area contributed by atoms with Crippen LogP contribution in [0.25, 0.3) is 22.4 Å². The van der Waals surface area contributed by atoms with Crippen molar-refractivity contribution >= 4 is 9.84 Å². The van der Waals surface area contributed by atoms with Crippen molar-refractivity contribution in [1.82, 2.24) is 5.16 Å². The number of hydrogen-bond acceptors (Lipinski definition) is 4. The molecule has 0 amide bonds. The second-order valence-corrected chi connectivity index (χ2v) is 7.14. The lowest BCUT2D eigenvalue weighted by Crippen LogP contribution is -1.96. The SMILES string of the molecule is Cc1onc(-c2ccccc2)c1-c1ccc(S(C)(=O)=O)cc1. The average molecular weight is 313 g/mol. The van der Waals surface area contributed by atoms with Crippen molar-refractivity contribution in [1.29, 1.82) is 0 Å². The van der Waals surface area contributed by atoms with Crippen LogP contribution in [0.5, 0.6) is 0 Å². The van der Waals surface area contributed by atoms with Gasteiger partial charge in [-0.1, -0.05) is 47.6 Å². The maximum Gasteiger partial charge on any atom is 0.175 e. The molecule has 0 aliphatic carbocycles. The quantitative estimate of drug-likeness (QED) is 0.739. The standard InChI is InChI=1S/C17H15NO3S/c1-12-16(13-8-10-15(11-9-13)22(2,19)20)17(18-21-12)14-6-4-3-5-7-14/h3-11H,1-2H3. The Bertz CT molecular complexity index is 895.